The Morgan fingerprint density at radius 3 is 2.30 bits per heavy atom. The van der Waals surface area contributed by atoms with E-state index in [4.69, 9.17) is 5.11 Å². The number of hydrogen-bond acceptors (Lipinski definition) is 5. The van der Waals surface area contributed by atoms with E-state index in [1.54, 1.807) is 6.92 Å². The van der Waals surface area contributed by atoms with Gasteiger partial charge in [-0.1, -0.05) is 13.8 Å². The number of ether oxygens (including phenoxy) is 1. The van der Waals surface area contributed by atoms with E-state index < -0.39 is 24.1 Å². The van der Waals surface area contributed by atoms with Gasteiger partial charge in [-0.15, -0.1) is 0 Å². The van der Waals surface area contributed by atoms with Crippen molar-refractivity contribution in [2.24, 2.45) is 5.92 Å². The quantitative estimate of drug-likeness (QED) is 0.527. The molecule has 0 aliphatic heterocycles. The Morgan fingerprint density at radius 1 is 1.25 bits per heavy atom. The summed E-state index contributed by atoms with van der Waals surface area (Å²) in [6.07, 6.45) is -1.66. The summed E-state index contributed by atoms with van der Waals surface area (Å²) in [7, 11) is 0. The van der Waals surface area contributed by atoms with Crippen molar-refractivity contribution >= 4 is 18.0 Å². The average Bonchev–Trinajstić information content (AvgIpc) is 2.34. The minimum atomic E-state index is -1.66. The fourth-order valence-electron chi connectivity index (χ4n) is 1.44. The molecule has 0 bridgehead atoms. The first-order chi connectivity index (χ1) is 9.27. The number of nitrogens with zero attached hydrogens (tertiary/aromatic N) is 1. The highest BCUT2D eigenvalue weighted by molar-refractivity contribution is 5.81. The van der Waals surface area contributed by atoms with Crippen molar-refractivity contribution in [3.8, 4) is 0 Å². The van der Waals surface area contributed by atoms with Crippen molar-refractivity contribution in [3.63, 3.8) is 0 Å². The molecular weight excluding hydrogens is 268 g/mol. The maximum atomic E-state index is 11.8. The molecular formula is C12H22N2O6. The molecule has 0 spiro atoms. The van der Waals surface area contributed by atoms with Gasteiger partial charge in [-0.05, 0) is 12.8 Å². The van der Waals surface area contributed by atoms with Crippen molar-refractivity contribution in [1.29, 1.82) is 0 Å². The van der Waals surface area contributed by atoms with Crippen LogP contribution < -0.4 is 5.32 Å². The van der Waals surface area contributed by atoms with Crippen molar-refractivity contribution < 1.29 is 29.3 Å². The molecule has 0 saturated carbocycles. The van der Waals surface area contributed by atoms with Gasteiger partial charge in [0, 0.05) is 6.54 Å². The number of carboxylic acids is 1. The molecule has 0 rings (SSSR count). The van der Waals surface area contributed by atoms with E-state index in [2.05, 4.69) is 10.1 Å². The molecule has 0 radical (unpaired) electrons. The van der Waals surface area contributed by atoms with Crippen LogP contribution in [0.3, 0.4) is 0 Å². The molecule has 8 nitrogen and oxygen atoms in total. The van der Waals surface area contributed by atoms with E-state index in [1.807, 2.05) is 13.8 Å². The van der Waals surface area contributed by atoms with E-state index in [0.717, 1.165) is 4.90 Å². The molecule has 0 aliphatic carbocycles. The first-order valence-electron chi connectivity index (χ1n) is 6.37. The Morgan fingerprint density at radius 2 is 1.85 bits per heavy atom. The molecule has 3 N–H and O–H groups in total. The lowest BCUT2D eigenvalue weighted by Crippen LogP contribution is -2.48. The van der Waals surface area contributed by atoms with Gasteiger partial charge in [0.2, 0.25) is 0 Å². The van der Waals surface area contributed by atoms with Crippen LogP contribution in [-0.4, -0.2) is 65.4 Å². The van der Waals surface area contributed by atoms with Crippen molar-refractivity contribution in [1.82, 2.24) is 10.2 Å². The van der Waals surface area contributed by atoms with Gasteiger partial charge in [-0.2, -0.15) is 0 Å². The number of nitrogens with one attached hydrogen (secondary N) is 1. The molecule has 0 saturated heterocycles. The lowest BCUT2D eigenvalue weighted by atomic mass is 10.2. The monoisotopic (exact) mass is 290 g/mol. The maximum absolute atomic E-state index is 11.8. The highest BCUT2D eigenvalue weighted by Gasteiger charge is 2.23. The number of urea groups is 1. The van der Waals surface area contributed by atoms with E-state index in [0.29, 0.717) is 0 Å². The number of rotatable bonds is 8. The SMILES string of the molecule is CCOC(=O)CNC(=O)N(CC(C)C)CC(O)C(=O)O. The fourth-order valence-corrected chi connectivity index (χ4v) is 1.44. The number of carboxylic acid groups (broad SMARTS) is 1. The van der Waals surface area contributed by atoms with Gasteiger partial charge in [0.15, 0.2) is 6.10 Å². The zero-order valence-electron chi connectivity index (χ0n) is 12.0. The third-order valence-corrected chi connectivity index (χ3v) is 2.24. The molecule has 0 aromatic carbocycles. The summed E-state index contributed by atoms with van der Waals surface area (Å²) >= 11 is 0. The number of esters is 1. The molecule has 0 fully saturated rings. The highest BCUT2D eigenvalue weighted by atomic mass is 16.5. The molecule has 1 unspecified atom stereocenters. The van der Waals surface area contributed by atoms with Gasteiger partial charge < -0.3 is 25.2 Å². The predicted molar refractivity (Wildman–Crippen MR) is 70.1 cm³/mol. The Balaban J connectivity index is 4.48. The number of hydrogen-bond donors (Lipinski definition) is 3. The summed E-state index contributed by atoms with van der Waals surface area (Å²) in [5.74, 6) is -1.90. The molecule has 2 amide bonds. The number of aliphatic hydroxyl groups is 1. The third-order valence-electron chi connectivity index (χ3n) is 2.24. The number of amides is 2. The largest absolute Gasteiger partial charge is 0.479 e. The zero-order valence-corrected chi connectivity index (χ0v) is 12.0. The van der Waals surface area contributed by atoms with Crippen LogP contribution in [0.1, 0.15) is 20.8 Å². The third kappa shape index (κ3) is 7.57. The zero-order chi connectivity index (χ0) is 15.7. The van der Waals surface area contributed by atoms with Crippen LogP contribution in [0.25, 0.3) is 0 Å². The Hall–Kier alpha value is -1.83. The normalized spacial score (nSPS) is 11.8. The Labute approximate surface area is 117 Å². The van der Waals surface area contributed by atoms with Gasteiger partial charge in [-0.3, -0.25) is 4.79 Å². The molecule has 0 aromatic heterocycles. The van der Waals surface area contributed by atoms with Crippen molar-refractivity contribution in [2.45, 2.75) is 26.9 Å². The average molecular weight is 290 g/mol. The molecule has 20 heavy (non-hydrogen) atoms. The van der Waals surface area contributed by atoms with Crippen LogP contribution in [-0.2, 0) is 14.3 Å². The van der Waals surface area contributed by atoms with E-state index in [-0.39, 0.29) is 32.2 Å². The van der Waals surface area contributed by atoms with Gasteiger partial charge in [-0.25, -0.2) is 9.59 Å². The Bertz CT molecular complexity index is 345. The highest BCUT2D eigenvalue weighted by Crippen LogP contribution is 2.01. The first-order valence-corrected chi connectivity index (χ1v) is 6.37. The summed E-state index contributed by atoms with van der Waals surface area (Å²) in [6, 6.07) is -0.618. The summed E-state index contributed by atoms with van der Waals surface area (Å²) in [4.78, 5) is 34.7. The first kappa shape index (κ1) is 18.2. The standard InChI is InChI=1S/C12H22N2O6/c1-4-20-10(16)5-13-12(19)14(6-8(2)3)7-9(15)11(17)18/h8-9,15H,4-7H2,1-3H3,(H,13,19)(H,17,18). The molecule has 8 heteroatoms. The molecule has 1 atom stereocenters. The van der Waals surface area contributed by atoms with Crippen molar-refractivity contribution in [3.05, 3.63) is 0 Å². The number of carbonyl (C=O) groups excluding carboxylic acids is 2. The van der Waals surface area contributed by atoms with E-state index in [9.17, 15) is 19.5 Å². The second kappa shape index (κ2) is 9.13. The fraction of sp³-hybridized carbons (Fsp3) is 0.750. The van der Waals surface area contributed by atoms with Gasteiger partial charge in [0.25, 0.3) is 0 Å². The van der Waals surface area contributed by atoms with Crippen LogP contribution in [0.2, 0.25) is 0 Å². The lowest BCUT2D eigenvalue weighted by Gasteiger charge is -2.25. The second-order valence-corrected chi connectivity index (χ2v) is 4.62. The minimum Gasteiger partial charge on any atom is -0.479 e. The van der Waals surface area contributed by atoms with Gasteiger partial charge in [0.1, 0.15) is 6.54 Å². The van der Waals surface area contributed by atoms with Crippen LogP contribution in [0.5, 0.6) is 0 Å². The van der Waals surface area contributed by atoms with Crippen LogP contribution in [0.15, 0.2) is 0 Å². The summed E-state index contributed by atoms with van der Waals surface area (Å²) in [6.45, 7) is 5.17. The Kier molecular flexibility index (Phi) is 8.30. The van der Waals surface area contributed by atoms with Crippen LogP contribution in [0.4, 0.5) is 4.79 Å². The maximum Gasteiger partial charge on any atom is 0.334 e. The molecule has 116 valence electrons. The minimum absolute atomic E-state index is 0.0874. The second-order valence-electron chi connectivity index (χ2n) is 4.62. The van der Waals surface area contributed by atoms with Gasteiger partial charge >= 0.3 is 18.0 Å². The molecule has 0 aliphatic rings. The predicted octanol–water partition coefficient (Wildman–Crippen LogP) is -0.337. The van der Waals surface area contributed by atoms with Gasteiger partial charge in [0.05, 0.1) is 13.2 Å². The van der Waals surface area contributed by atoms with E-state index in [1.165, 1.54) is 0 Å². The van der Waals surface area contributed by atoms with Crippen molar-refractivity contribution in [2.75, 3.05) is 26.2 Å². The molecule has 0 aromatic rings. The molecule has 0 heterocycles. The number of carbonyl (C=O) groups is 3. The van der Waals surface area contributed by atoms with Crippen LogP contribution >= 0.6 is 0 Å². The number of aliphatic carboxylic acids is 1. The topological polar surface area (TPSA) is 116 Å². The summed E-state index contributed by atoms with van der Waals surface area (Å²) in [5, 5.41) is 20.3. The lowest BCUT2D eigenvalue weighted by molar-refractivity contribution is -0.147. The van der Waals surface area contributed by atoms with Crippen LogP contribution in [0, 0.1) is 5.92 Å². The smallest absolute Gasteiger partial charge is 0.334 e. The van der Waals surface area contributed by atoms with E-state index >= 15 is 0 Å². The summed E-state index contributed by atoms with van der Waals surface area (Å²) in [5.41, 5.74) is 0. The summed E-state index contributed by atoms with van der Waals surface area (Å²) < 4.78 is 4.66. The number of aliphatic hydroxyl groups excluding tert-OH is 1.